The minimum absolute atomic E-state index is 0.00732. The molecule has 0 aliphatic carbocycles. The number of anilines is 2. The molecule has 0 unspecified atom stereocenters. The van der Waals surface area contributed by atoms with Crippen molar-refractivity contribution in [2.45, 2.75) is 45.8 Å². The van der Waals surface area contributed by atoms with Crippen LogP contribution >= 0.6 is 0 Å². The Labute approximate surface area is 234 Å². The molecular formula is C27H30F4N4O5S. The lowest BCUT2D eigenvalue weighted by atomic mass is 10.1. The molecule has 9 nitrogen and oxygen atoms in total. The quantitative estimate of drug-likeness (QED) is 0.295. The number of benzene rings is 2. The number of hydrogen-bond acceptors (Lipinski definition) is 6. The highest BCUT2D eigenvalue weighted by Crippen LogP contribution is 2.28. The number of ether oxygens (including phenoxy) is 1. The minimum atomic E-state index is -4.51. The second kappa shape index (κ2) is 13.1. The maximum absolute atomic E-state index is 13.6. The smallest absolute Gasteiger partial charge is 0.422 e. The van der Waals surface area contributed by atoms with Crippen molar-refractivity contribution in [1.82, 2.24) is 9.78 Å². The molecule has 0 bridgehead atoms. The minimum Gasteiger partial charge on any atom is -0.484 e. The summed E-state index contributed by atoms with van der Waals surface area (Å²) >= 11 is 0. The summed E-state index contributed by atoms with van der Waals surface area (Å²) in [5, 5.41) is 9.70. The second-order valence-electron chi connectivity index (χ2n) is 9.27. The maximum Gasteiger partial charge on any atom is 0.422 e. The van der Waals surface area contributed by atoms with Gasteiger partial charge in [0.05, 0.1) is 5.69 Å². The predicted octanol–water partition coefficient (Wildman–Crippen LogP) is 4.57. The highest BCUT2D eigenvalue weighted by molar-refractivity contribution is 7.91. The van der Waals surface area contributed by atoms with Crippen LogP contribution in [-0.2, 0) is 40.4 Å². The molecule has 1 heterocycles. The number of nitrogens with zero attached hydrogens (tertiary/aromatic N) is 2. The van der Waals surface area contributed by atoms with Crippen LogP contribution in [0.4, 0.5) is 29.1 Å². The van der Waals surface area contributed by atoms with E-state index in [0.29, 0.717) is 29.8 Å². The van der Waals surface area contributed by atoms with Crippen LogP contribution in [0.15, 0.2) is 42.5 Å². The highest BCUT2D eigenvalue weighted by atomic mass is 32.2. The van der Waals surface area contributed by atoms with Gasteiger partial charge in [-0.2, -0.15) is 18.3 Å². The lowest BCUT2D eigenvalue weighted by Crippen LogP contribution is -2.26. The summed E-state index contributed by atoms with van der Waals surface area (Å²) < 4.78 is 80.6. The van der Waals surface area contributed by atoms with Gasteiger partial charge in [-0.15, -0.1) is 0 Å². The molecule has 14 heteroatoms. The zero-order valence-electron chi connectivity index (χ0n) is 22.6. The van der Waals surface area contributed by atoms with Gasteiger partial charge in [0.25, 0.3) is 5.91 Å². The van der Waals surface area contributed by atoms with E-state index in [1.807, 2.05) is 0 Å². The Balaban J connectivity index is 1.95. The van der Waals surface area contributed by atoms with E-state index in [1.165, 1.54) is 35.0 Å². The summed E-state index contributed by atoms with van der Waals surface area (Å²) in [5.74, 6) is -2.79. The average molecular weight is 599 g/mol. The third kappa shape index (κ3) is 9.30. The number of aryl methyl sites for hydroxylation is 4. The lowest BCUT2D eigenvalue weighted by Gasteiger charge is -2.15. The number of alkyl halides is 3. The number of carbonyl (C=O) groups excluding carboxylic acids is 2. The van der Waals surface area contributed by atoms with E-state index in [2.05, 4.69) is 15.7 Å². The standard InChI is InChI=1S/C27H30F4N4O5S/c1-4-18-14-20(40-16-27(29,30)31)10-11-22(18)32-26(37)24-21(5-2)34-35(13-12-17-6-8-19(28)9-7-17)25(24)33-23(36)15-41(3,38)39/h6-11,14H,4-5,12-13,15-16H2,1-3H3,(H,32,37)(H,33,36). The third-order valence-corrected chi connectivity index (χ3v) is 6.66. The van der Waals surface area contributed by atoms with Gasteiger partial charge in [-0.1, -0.05) is 26.0 Å². The SMILES string of the molecule is CCc1cc(OCC(F)(F)F)ccc1NC(=O)c1c(CC)nn(CCc2ccc(F)cc2)c1NC(=O)CS(C)(=O)=O. The van der Waals surface area contributed by atoms with Gasteiger partial charge in [0.2, 0.25) is 5.91 Å². The van der Waals surface area contributed by atoms with Crippen LogP contribution in [0.25, 0.3) is 0 Å². The summed E-state index contributed by atoms with van der Waals surface area (Å²) in [6, 6.07) is 9.87. The number of carbonyl (C=O) groups is 2. The van der Waals surface area contributed by atoms with Crippen molar-refractivity contribution in [3.63, 3.8) is 0 Å². The Hall–Kier alpha value is -3.94. The lowest BCUT2D eigenvalue weighted by molar-refractivity contribution is -0.153. The first-order valence-electron chi connectivity index (χ1n) is 12.6. The molecule has 0 saturated heterocycles. The molecule has 0 radical (unpaired) electrons. The van der Waals surface area contributed by atoms with Crippen molar-refractivity contribution in [2.24, 2.45) is 0 Å². The molecule has 0 atom stereocenters. The fourth-order valence-electron chi connectivity index (χ4n) is 4.00. The van der Waals surface area contributed by atoms with Crippen LogP contribution < -0.4 is 15.4 Å². The Morgan fingerprint density at radius 3 is 2.29 bits per heavy atom. The Morgan fingerprint density at radius 2 is 1.71 bits per heavy atom. The van der Waals surface area contributed by atoms with Crippen molar-refractivity contribution in [3.8, 4) is 5.75 Å². The van der Waals surface area contributed by atoms with Crippen molar-refractivity contribution < 1.29 is 40.3 Å². The molecule has 3 rings (SSSR count). The van der Waals surface area contributed by atoms with Crippen LogP contribution in [0, 0.1) is 5.82 Å². The zero-order chi connectivity index (χ0) is 30.4. The highest BCUT2D eigenvalue weighted by Gasteiger charge is 2.29. The summed E-state index contributed by atoms with van der Waals surface area (Å²) in [5.41, 5.74) is 1.90. The summed E-state index contributed by atoms with van der Waals surface area (Å²) in [6.07, 6.45) is -2.61. The average Bonchev–Trinajstić information content (AvgIpc) is 3.23. The normalized spacial score (nSPS) is 11.8. The van der Waals surface area contributed by atoms with Crippen LogP contribution in [-0.4, -0.2) is 54.8 Å². The van der Waals surface area contributed by atoms with Gasteiger partial charge in [0.1, 0.15) is 28.7 Å². The maximum atomic E-state index is 13.6. The topological polar surface area (TPSA) is 119 Å². The van der Waals surface area contributed by atoms with Crippen LogP contribution in [0.2, 0.25) is 0 Å². The van der Waals surface area contributed by atoms with Gasteiger partial charge in [-0.25, -0.2) is 17.5 Å². The molecule has 1 aromatic heterocycles. The van der Waals surface area contributed by atoms with Gasteiger partial charge in [-0.3, -0.25) is 9.59 Å². The zero-order valence-corrected chi connectivity index (χ0v) is 23.5. The van der Waals surface area contributed by atoms with Crippen molar-refractivity contribution in [2.75, 3.05) is 29.2 Å². The van der Waals surface area contributed by atoms with E-state index < -0.39 is 46.0 Å². The molecule has 0 spiro atoms. The number of hydrogen-bond donors (Lipinski definition) is 2. The fraction of sp³-hybridized carbons (Fsp3) is 0.370. The van der Waals surface area contributed by atoms with Crippen LogP contribution in [0.3, 0.4) is 0 Å². The molecule has 0 aliphatic heterocycles. The number of halogens is 4. The summed E-state index contributed by atoms with van der Waals surface area (Å²) in [7, 11) is -3.68. The third-order valence-electron chi connectivity index (χ3n) is 5.87. The molecular weight excluding hydrogens is 568 g/mol. The molecule has 0 aliphatic rings. The molecule has 0 fully saturated rings. The molecule has 41 heavy (non-hydrogen) atoms. The monoisotopic (exact) mass is 598 g/mol. The van der Waals surface area contributed by atoms with Gasteiger partial charge in [-0.05, 0) is 60.7 Å². The van der Waals surface area contributed by atoms with Gasteiger partial charge in [0.15, 0.2) is 16.4 Å². The van der Waals surface area contributed by atoms with E-state index in [4.69, 9.17) is 4.74 Å². The first-order valence-corrected chi connectivity index (χ1v) is 14.7. The number of rotatable bonds is 12. The Kier molecular flexibility index (Phi) is 10.1. The molecule has 0 saturated carbocycles. The van der Waals surface area contributed by atoms with Crippen molar-refractivity contribution in [3.05, 3.63) is 70.7 Å². The van der Waals surface area contributed by atoms with Crippen LogP contribution in [0.5, 0.6) is 5.75 Å². The summed E-state index contributed by atoms with van der Waals surface area (Å²) in [6.45, 7) is 2.21. The second-order valence-corrected chi connectivity index (χ2v) is 11.4. The Morgan fingerprint density at radius 1 is 1.02 bits per heavy atom. The number of sulfone groups is 1. The van der Waals surface area contributed by atoms with Gasteiger partial charge < -0.3 is 15.4 Å². The van der Waals surface area contributed by atoms with E-state index in [-0.39, 0.29) is 30.1 Å². The summed E-state index contributed by atoms with van der Waals surface area (Å²) in [4.78, 5) is 26.2. The van der Waals surface area contributed by atoms with E-state index in [9.17, 15) is 35.6 Å². The van der Waals surface area contributed by atoms with E-state index >= 15 is 0 Å². The van der Waals surface area contributed by atoms with Gasteiger partial charge in [0, 0.05) is 18.5 Å². The van der Waals surface area contributed by atoms with E-state index in [0.717, 1.165) is 11.8 Å². The molecule has 2 aromatic carbocycles. The van der Waals surface area contributed by atoms with Gasteiger partial charge >= 0.3 is 6.18 Å². The molecule has 2 amide bonds. The van der Waals surface area contributed by atoms with Crippen LogP contribution in [0.1, 0.15) is 41.0 Å². The first-order chi connectivity index (χ1) is 19.2. The van der Waals surface area contributed by atoms with E-state index in [1.54, 1.807) is 26.0 Å². The largest absolute Gasteiger partial charge is 0.484 e. The number of aromatic nitrogens is 2. The fourth-order valence-corrected chi connectivity index (χ4v) is 4.55. The predicted molar refractivity (Wildman–Crippen MR) is 145 cm³/mol. The molecule has 3 aromatic rings. The van der Waals surface area contributed by atoms with Crippen molar-refractivity contribution in [1.29, 1.82) is 0 Å². The number of amides is 2. The van der Waals surface area contributed by atoms with Crippen molar-refractivity contribution >= 4 is 33.2 Å². The molecule has 2 N–H and O–H groups in total. The first kappa shape index (κ1) is 31.6. The number of nitrogens with one attached hydrogen (secondary N) is 2. The Bertz CT molecular complexity index is 1500. The molecule has 222 valence electrons.